The van der Waals surface area contributed by atoms with Crippen LogP contribution >= 0.6 is 0 Å². The summed E-state index contributed by atoms with van der Waals surface area (Å²) in [4.78, 5) is 24.5. The van der Waals surface area contributed by atoms with Gasteiger partial charge in [-0.15, -0.1) is 5.10 Å². The van der Waals surface area contributed by atoms with Crippen LogP contribution in [0.1, 0.15) is 40.3 Å². The lowest BCUT2D eigenvalue weighted by atomic mass is 10.2. The molecule has 0 atom stereocenters. The molecule has 3 rings (SSSR count). The zero-order valence-electron chi connectivity index (χ0n) is 12.6. The summed E-state index contributed by atoms with van der Waals surface area (Å²) in [6.07, 6.45) is 0. The summed E-state index contributed by atoms with van der Waals surface area (Å²) in [5, 5.41) is 10.3. The molecule has 2 heterocycles. The number of hydrogen-bond acceptors (Lipinski definition) is 4. The first kappa shape index (κ1) is 14.5. The molecule has 0 saturated heterocycles. The Hall–Kier alpha value is -2.47. The summed E-state index contributed by atoms with van der Waals surface area (Å²) in [5.74, 6) is 0.0160. The molecule has 2 aromatic rings. The highest BCUT2D eigenvalue weighted by molar-refractivity contribution is 6.04. The lowest BCUT2D eigenvalue weighted by Crippen LogP contribution is -2.22. The van der Waals surface area contributed by atoms with Gasteiger partial charge in [0.25, 0.3) is 5.91 Å². The van der Waals surface area contributed by atoms with Crippen molar-refractivity contribution < 1.29 is 9.59 Å². The molecule has 114 valence electrons. The number of carbonyl (C=O) groups excluding carboxylic acids is 2. The van der Waals surface area contributed by atoms with Gasteiger partial charge >= 0.3 is 0 Å². The fraction of sp³-hybridized carbons (Fsp3) is 0.312. The molecule has 1 aromatic heterocycles. The Morgan fingerprint density at radius 3 is 2.64 bits per heavy atom. The fourth-order valence-electron chi connectivity index (χ4n) is 2.45. The highest BCUT2D eigenvalue weighted by Crippen LogP contribution is 2.25. The lowest BCUT2D eigenvalue weighted by molar-refractivity contribution is 0.0834. The second kappa shape index (κ2) is 5.73. The Kier molecular flexibility index (Phi) is 3.77. The van der Waals surface area contributed by atoms with Gasteiger partial charge in [-0.3, -0.25) is 9.59 Å². The topological polar surface area (TPSA) is 76.0 Å². The predicted octanol–water partition coefficient (Wildman–Crippen LogP) is 2.03. The van der Waals surface area contributed by atoms with Crippen LogP contribution in [0.3, 0.4) is 0 Å². The van der Waals surface area contributed by atoms with Gasteiger partial charge in [0, 0.05) is 30.1 Å². The quantitative estimate of drug-likeness (QED) is 0.909. The van der Waals surface area contributed by atoms with Crippen LogP contribution in [0.4, 0.5) is 5.82 Å². The average Bonchev–Trinajstić information content (AvgIpc) is 3.11. The van der Waals surface area contributed by atoms with Crippen molar-refractivity contribution in [3.05, 3.63) is 47.2 Å². The Morgan fingerprint density at radius 2 is 1.95 bits per heavy atom. The van der Waals surface area contributed by atoms with E-state index in [-0.39, 0.29) is 17.7 Å². The van der Waals surface area contributed by atoms with Crippen molar-refractivity contribution in [2.45, 2.75) is 26.9 Å². The minimum atomic E-state index is -0.225. The maximum atomic E-state index is 12.3. The number of rotatable bonds is 3. The van der Waals surface area contributed by atoms with Crippen molar-refractivity contribution in [3.8, 4) is 0 Å². The van der Waals surface area contributed by atoms with Crippen molar-refractivity contribution in [1.29, 1.82) is 0 Å². The average molecular weight is 298 g/mol. The normalized spacial score (nSPS) is 13.2. The van der Waals surface area contributed by atoms with E-state index in [1.807, 2.05) is 32.0 Å². The molecule has 22 heavy (non-hydrogen) atoms. The van der Waals surface area contributed by atoms with Gasteiger partial charge in [0.15, 0.2) is 5.82 Å². The monoisotopic (exact) mass is 298 g/mol. The highest BCUT2D eigenvalue weighted by atomic mass is 16.2. The summed E-state index contributed by atoms with van der Waals surface area (Å²) >= 11 is 0. The minimum absolute atomic E-state index is 0.0693. The Morgan fingerprint density at radius 1 is 1.23 bits per heavy atom. The molecule has 0 fully saturated rings. The van der Waals surface area contributed by atoms with Gasteiger partial charge in [0.1, 0.15) is 0 Å². The number of amides is 1. The van der Waals surface area contributed by atoms with Crippen LogP contribution < -0.4 is 10.6 Å². The molecule has 6 nitrogen and oxygen atoms in total. The summed E-state index contributed by atoms with van der Waals surface area (Å²) < 4.78 is 1.42. The second-order valence-electron chi connectivity index (χ2n) is 5.60. The third-order valence-electron chi connectivity index (χ3n) is 3.65. The number of carbonyl (C=O) groups is 2. The van der Waals surface area contributed by atoms with E-state index in [0.29, 0.717) is 24.5 Å². The molecule has 6 heteroatoms. The summed E-state index contributed by atoms with van der Waals surface area (Å²) in [5.41, 5.74) is 2.28. The van der Waals surface area contributed by atoms with Crippen molar-refractivity contribution in [1.82, 2.24) is 15.1 Å². The van der Waals surface area contributed by atoms with Crippen LogP contribution in [0, 0.1) is 5.92 Å². The Bertz CT molecular complexity index is 719. The van der Waals surface area contributed by atoms with E-state index in [0.717, 1.165) is 11.3 Å². The van der Waals surface area contributed by atoms with Gasteiger partial charge < -0.3 is 10.6 Å². The van der Waals surface area contributed by atoms with E-state index in [4.69, 9.17) is 0 Å². The molecule has 0 saturated carbocycles. The summed E-state index contributed by atoms with van der Waals surface area (Å²) in [7, 11) is 0. The molecule has 0 spiro atoms. The van der Waals surface area contributed by atoms with Crippen LogP contribution in [0.15, 0.2) is 30.3 Å². The number of aromatic nitrogens is 2. The zero-order chi connectivity index (χ0) is 15.7. The van der Waals surface area contributed by atoms with Crippen LogP contribution in [0.25, 0.3) is 0 Å². The molecule has 1 aliphatic heterocycles. The molecule has 1 aliphatic rings. The zero-order valence-corrected chi connectivity index (χ0v) is 12.6. The molecule has 1 amide bonds. The molecular weight excluding hydrogens is 280 g/mol. The molecule has 2 N–H and O–H groups in total. The first-order valence-electron chi connectivity index (χ1n) is 7.30. The SMILES string of the molecule is CC(C)C(=O)n1nc(NC(=O)c2ccccc2)c2c1CNC2. The number of benzene rings is 1. The number of anilines is 1. The standard InChI is InChI=1S/C16H18N4O2/c1-10(2)16(22)20-13-9-17-8-12(13)14(19-20)18-15(21)11-6-4-3-5-7-11/h3-7,10,17H,8-9H2,1-2H3,(H,18,19,21). The van der Waals surface area contributed by atoms with Gasteiger partial charge in [0.05, 0.1) is 5.69 Å². The van der Waals surface area contributed by atoms with Crippen molar-refractivity contribution in [3.63, 3.8) is 0 Å². The van der Waals surface area contributed by atoms with Gasteiger partial charge in [-0.1, -0.05) is 32.0 Å². The number of nitrogens with zero attached hydrogens (tertiary/aromatic N) is 2. The van der Waals surface area contributed by atoms with Gasteiger partial charge in [-0.2, -0.15) is 0 Å². The van der Waals surface area contributed by atoms with Gasteiger partial charge in [-0.25, -0.2) is 4.68 Å². The van der Waals surface area contributed by atoms with Crippen LogP contribution in [0.2, 0.25) is 0 Å². The van der Waals surface area contributed by atoms with Crippen LogP contribution in [-0.4, -0.2) is 21.6 Å². The van der Waals surface area contributed by atoms with Crippen LogP contribution in [-0.2, 0) is 13.1 Å². The first-order valence-corrected chi connectivity index (χ1v) is 7.30. The number of hydrogen-bond donors (Lipinski definition) is 2. The molecule has 0 radical (unpaired) electrons. The Labute approximate surface area is 128 Å². The van der Waals surface area contributed by atoms with Crippen molar-refractivity contribution >= 4 is 17.6 Å². The predicted molar refractivity (Wildman–Crippen MR) is 82.6 cm³/mol. The van der Waals surface area contributed by atoms with Crippen molar-refractivity contribution in [2.24, 2.45) is 5.92 Å². The third kappa shape index (κ3) is 2.53. The van der Waals surface area contributed by atoms with E-state index in [2.05, 4.69) is 15.7 Å². The fourth-order valence-corrected chi connectivity index (χ4v) is 2.45. The smallest absolute Gasteiger partial charge is 0.256 e. The summed E-state index contributed by atoms with van der Waals surface area (Å²) in [6, 6.07) is 8.95. The molecule has 0 aliphatic carbocycles. The number of nitrogens with one attached hydrogen (secondary N) is 2. The van der Waals surface area contributed by atoms with E-state index in [9.17, 15) is 9.59 Å². The van der Waals surface area contributed by atoms with E-state index >= 15 is 0 Å². The van der Waals surface area contributed by atoms with E-state index in [1.165, 1.54) is 4.68 Å². The third-order valence-corrected chi connectivity index (χ3v) is 3.65. The van der Waals surface area contributed by atoms with Gasteiger partial charge in [0.2, 0.25) is 5.91 Å². The maximum absolute atomic E-state index is 12.3. The molecule has 1 aromatic carbocycles. The van der Waals surface area contributed by atoms with E-state index < -0.39 is 0 Å². The summed E-state index contributed by atoms with van der Waals surface area (Å²) in [6.45, 7) is 4.86. The highest BCUT2D eigenvalue weighted by Gasteiger charge is 2.27. The van der Waals surface area contributed by atoms with Gasteiger partial charge in [-0.05, 0) is 12.1 Å². The molecule has 0 unspecified atom stereocenters. The minimum Gasteiger partial charge on any atom is -0.307 e. The molecule has 0 bridgehead atoms. The van der Waals surface area contributed by atoms with Crippen molar-refractivity contribution in [2.75, 3.05) is 5.32 Å². The number of fused-ring (bicyclic) bond motifs is 1. The second-order valence-corrected chi connectivity index (χ2v) is 5.60. The first-order chi connectivity index (χ1) is 10.6. The van der Waals surface area contributed by atoms with Crippen LogP contribution in [0.5, 0.6) is 0 Å². The largest absolute Gasteiger partial charge is 0.307 e. The maximum Gasteiger partial charge on any atom is 0.256 e. The molecular formula is C16H18N4O2. The Balaban J connectivity index is 1.91. The van der Waals surface area contributed by atoms with E-state index in [1.54, 1.807) is 12.1 Å². The lowest BCUT2D eigenvalue weighted by Gasteiger charge is -2.06.